The molecular weight excluding hydrogens is 532 g/mol. The number of aryl methyl sites for hydroxylation is 1. The number of hydrogen-bond acceptors (Lipinski definition) is 5. The number of amides is 1. The Hall–Kier alpha value is -4.59. The molecule has 4 aromatic carbocycles. The number of carbonyl (C=O) groups excluding carboxylic acids is 1. The molecule has 0 fully saturated rings. The molecule has 1 N–H and O–H groups in total. The summed E-state index contributed by atoms with van der Waals surface area (Å²) in [4.78, 5) is 23.0. The molecule has 3 heterocycles. The number of nitrogens with zero attached hydrogens (tertiary/aromatic N) is 5. The number of likely N-dealkylation sites (N-methyl/N-ethyl adjacent to an activating group) is 1. The molecule has 2 aliphatic heterocycles. The van der Waals surface area contributed by atoms with Crippen LogP contribution >= 0.6 is 0 Å². The van der Waals surface area contributed by atoms with Crippen LogP contribution in [0.3, 0.4) is 0 Å². The maximum atomic E-state index is 14.3. The Bertz CT molecular complexity index is 1610. The Kier molecular flexibility index (Phi) is 7.35. The van der Waals surface area contributed by atoms with Crippen LogP contribution in [0.5, 0.6) is 0 Å². The van der Waals surface area contributed by atoms with Crippen LogP contribution in [-0.2, 0) is 36.4 Å². The summed E-state index contributed by atoms with van der Waals surface area (Å²) in [6, 6.07) is 37.7. The molecule has 7 heteroatoms. The maximum Gasteiger partial charge on any atom is 0.243 e. The molecule has 216 valence electrons. The molecule has 1 amide bonds. The van der Waals surface area contributed by atoms with E-state index in [-0.39, 0.29) is 5.91 Å². The largest absolute Gasteiger partial charge is 0.314 e. The van der Waals surface area contributed by atoms with E-state index >= 15 is 0 Å². The molecule has 1 aromatic heterocycles. The third-order valence-corrected chi connectivity index (χ3v) is 8.95. The average Bonchev–Trinajstić information content (AvgIpc) is 3.50. The van der Waals surface area contributed by atoms with Gasteiger partial charge in [0.2, 0.25) is 5.91 Å². The van der Waals surface area contributed by atoms with E-state index in [2.05, 4.69) is 111 Å². The van der Waals surface area contributed by atoms with Gasteiger partial charge >= 0.3 is 0 Å². The molecule has 5 aromatic rings. The maximum absolute atomic E-state index is 14.3. The van der Waals surface area contributed by atoms with Crippen molar-refractivity contribution < 1.29 is 4.79 Å². The summed E-state index contributed by atoms with van der Waals surface area (Å²) in [5, 5.41) is 8.25. The first kappa shape index (κ1) is 27.3. The van der Waals surface area contributed by atoms with Crippen LogP contribution in [0.4, 0.5) is 5.69 Å². The molecule has 7 nitrogen and oxygen atoms in total. The number of anilines is 1. The van der Waals surface area contributed by atoms with E-state index in [4.69, 9.17) is 0 Å². The second-order valence-corrected chi connectivity index (χ2v) is 11.6. The Morgan fingerprint density at radius 2 is 1.47 bits per heavy atom. The van der Waals surface area contributed by atoms with Gasteiger partial charge in [-0.15, -0.1) is 0 Å². The summed E-state index contributed by atoms with van der Waals surface area (Å²) < 4.78 is 1.98. The van der Waals surface area contributed by atoms with Gasteiger partial charge in [-0.05, 0) is 46.7 Å². The van der Waals surface area contributed by atoms with E-state index in [1.807, 2.05) is 34.8 Å². The highest BCUT2D eigenvalue weighted by molar-refractivity contribution is 5.98. The Morgan fingerprint density at radius 3 is 2.09 bits per heavy atom. The van der Waals surface area contributed by atoms with Crippen LogP contribution in [0.1, 0.15) is 40.1 Å². The van der Waals surface area contributed by atoms with Crippen molar-refractivity contribution in [2.24, 2.45) is 0 Å². The zero-order valence-electron chi connectivity index (χ0n) is 24.4. The number of nitrogens with one attached hydrogen (secondary N) is 1. The first-order valence-electron chi connectivity index (χ1n) is 15.0. The number of fused-ring (bicyclic) bond motifs is 2. The molecule has 0 saturated heterocycles. The quantitative estimate of drug-likeness (QED) is 0.275. The highest BCUT2D eigenvalue weighted by atomic mass is 16.2. The third-order valence-electron chi connectivity index (χ3n) is 8.95. The van der Waals surface area contributed by atoms with Crippen LogP contribution in [0.2, 0.25) is 0 Å². The summed E-state index contributed by atoms with van der Waals surface area (Å²) in [7, 11) is 1.92. The lowest BCUT2D eigenvalue weighted by Crippen LogP contribution is -2.55. The second kappa shape index (κ2) is 11.6. The predicted octanol–water partition coefficient (Wildman–Crippen LogP) is 5.15. The van der Waals surface area contributed by atoms with Gasteiger partial charge in [0.15, 0.2) is 0 Å². The smallest absolute Gasteiger partial charge is 0.243 e. The number of rotatable bonds is 7. The van der Waals surface area contributed by atoms with Crippen molar-refractivity contribution in [3.8, 4) is 0 Å². The van der Waals surface area contributed by atoms with Gasteiger partial charge in [0.05, 0.1) is 24.7 Å². The molecular formula is C36H36N6O. The van der Waals surface area contributed by atoms with Gasteiger partial charge in [0.25, 0.3) is 0 Å². The molecule has 0 radical (unpaired) electrons. The van der Waals surface area contributed by atoms with Crippen LogP contribution in [0.25, 0.3) is 0 Å². The SMILES string of the molecule is CN1C(=O)[C@@H](NC(c2ccccc2)(c2ccccc2)c2ccccc2)CCc2ccc(CN3CCn4ncnc4C3)cc21. The van der Waals surface area contributed by atoms with E-state index in [0.29, 0.717) is 6.42 Å². The molecule has 0 aliphatic carbocycles. The number of carbonyl (C=O) groups is 1. The predicted molar refractivity (Wildman–Crippen MR) is 168 cm³/mol. The second-order valence-electron chi connectivity index (χ2n) is 11.6. The number of hydrogen-bond donors (Lipinski definition) is 1. The lowest BCUT2D eigenvalue weighted by molar-refractivity contribution is -0.120. The fraction of sp³-hybridized carbons (Fsp3) is 0.250. The van der Waals surface area contributed by atoms with Gasteiger partial charge in [-0.1, -0.05) is 103 Å². The molecule has 1 atom stereocenters. The molecule has 0 spiro atoms. The van der Waals surface area contributed by atoms with Gasteiger partial charge in [-0.3, -0.25) is 15.0 Å². The van der Waals surface area contributed by atoms with E-state index < -0.39 is 11.6 Å². The molecule has 0 bridgehead atoms. The monoisotopic (exact) mass is 568 g/mol. The minimum Gasteiger partial charge on any atom is -0.314 e. The van der Waals surface area contributed by atoms with Gasteiger partial charge < -0.3 is 4.90 Å². The van der Waals surface area contributed by atoms with E-state index in [9.17, 15) is 4.79 Å². The average molecular weight is 569 g/mol. The third kappa shape index (κ3) is 5.15. The number of aromatic nitrogens is 3. The Morgan fingerprint density at radius 1 is 0.837 bits per heavy atom. The van der Waals surface area contributed by atoms with Crippen molar-refractivity contribution in [2.45, 2.75) is 44.1 Å². The standard InChI is InChI=1S/C36H36N6O/c1-40-33-23-27(24-41-21-22-42-34(25-41)37-26-38-42)17-18-28(33)19-20-32(35(40)43)39-36(29-11-5-2-6-12-29,30-13-7-3-8-14-30)31-15-9-4-10-16-31/h2-18,23,26,32,39H,19-22,24-25H2,1H3/t32-/m0/s1. The summed E-state index contributed by atoms with van der Waals surface area (Å²) in [6.45, 7) is 3.36. The first-order valence-corrected chi connectivity index (χ1v) is 15.0. The molecule has 0 saturated carbocycles. The van der Waals surface area contributed by atoms with E-state index in [0.717, 1.165) is 60.8 Å². The van der Waals surface area contributed by atoms with Crippen molar-refractivity contribution in [3.05, 3.63) is 149 Å². The van der Waals surface area contributed by atoms with Crippen LogP contribution in [-0.4, -0.2) is 45.2 Å². The lowest BCUT2D eigenvalue weighted by atomic mass is 9.76. The van der Waals surface area contributed by atoms with Crippen LogP contribution < -0.4 is 10.2 Å². The van der Waals surface area contributed by atoms with E-state index in [1.165, 1.54) is 11.1 Å². The topological polar surface area (TPSA) is 66.3 Å². The first-order chi connectivity index (χ1) is 21.1. The lowest BCUT2D eigenvalue weighted by Gasteiger charge is -2.40. The fourth-order valence-electron chi connectivity index (χ4n) is 6.72. The fourth-order valence-corrected chi connectivity index (χ4v) is 6.72. The highest BCUT2D eigenvalue weighted by Gasteiger charge is 2.41. The van der Waals surface area contributed by atoms with Crippen molar-refractivity contribution >= 4 is 11.6 Å². The van der Waals surface area contributed by atoms with Gasteiger partial charge in [0, 0.05) is 25.8 Å². The minimum atomic E-state index is -0.707. The van der Waals surface area contributed by atoms with Gasteiger partial charge in [-0.25, -0.2) is 9.67 Å². The van der Waals surface area contributed by atoms with Crippen LogP contribution in [0.15, 0.2) is 116 Å². The Balaban J connectivity index is 1.21. The van der Waals surface area contributed by atoms with Crippen molar-refractivity contribution in [1.82, 2.24) is 25.0 Å². The summed E-state index contributed by atoms with van der Waals surface area (Å²) in [5.41, 5.74) is 5.99. The van der Waals surface area contributed by atoms with Gasteiger partial charge in [-0.2, -0.15) is 5.10 Å². The Labute approximate surface area is 252 Å². The molecule has 2 aliphatic rings. The van der Waals surface area contributed by atoms with Crippen molar-refractivity contribution in [2.75, 3.05) is 18.5 Å². The minimum absolute atomic E-state index is 0.0779. The highest BCUT2D eigenvalue weighted by Crippen LogP contribution is 2.39. The summed E-state index contributed by atoms with van der Waals surface area (Å²) in [5.74, 6) is 1.08. The molecule has 43 heavy (non-hydrogen) atoms. The normalized spacial score (nSPS) is 17.3. The zero-order chi connectivity index (χ0) is 29.2. The number of benzene rings is 4. The van der Waals surface area contributed by atoms with Crippen molar-refractivity contribution in [3.63, 3.8) is 0 Å². The zero-order valence-corrected chi connectivity index (χ0v) is 24.4. The summed E-state index contributed by atoms with van der Waals surface area (Å²) >= 11 is 0. The van der Waals surface area contributed by atoms with Gasteiger partial charge in [0.1, 0.15) is 12.2 Å². The van der Waals surface area contributed by atoms with Crippen LogP contribution in [0, 0.1) is 0 Å². The van der Waals surface area contributed by atoms with Crippen molar-refractivity contribution in [1.29, 1.82) is 0 Å². The molecule has 7 rings (SSSR count). The summed E-state index contributed by atoms with van der Waals surface area (Å²) in [6.07, 6.45) is 3.14. The molecule has 0 unspecified atom stereocenters. The van der Waals surface area contributed by atoms with E-state index in [1.54, 1.807) is 6.33 Å².